The van der Waals surface area contributed by atoms with Crippen LogP contribution in [0.2, 0.25) is 0 Å². The number of hydrogen-bond acceptors (Lipinski definition) is 5. The van der Waals surface area contributed by atoms with Crippen molar-refractivity contribution < 1.29 is 9.84 Å². The standard InChI is InChI=1S/C11H17N3O2/c1-2-10-7-14(5-6-16-10)11-4-3-9(8-15)12-13-11/h3-4,10,15H,2,5-8H2,1H3. The molecule has 1 saturated heterocycles. The van der Waals surface area contributed by atoms with Gasteiger partial charge < -0.3 is 14.7 Å². The van der Waals surface area contributed by atoms with Crippen LogP contribution < -0.4 is 4.90 Å². The van der Waals surface area contributed by atoms with E-state index >= 15 is 0 Å². The third kappa shape index (κ3) is 2.48. The van der Waals surface area contributed by atoms with Crippen LogP contribution >= 0.6 is 0 Å². The number of aromatic nitrogens is 2. The number of aliphatic hydroxyl groups is 1. The lowest BCUT2D eigenvalue weighted by molar-refractivity contribution is 0.0381. The molecule has 1 unspecified atom stereocenters. The van der Waals surface area contributed by atoms with Crippen LogP contribution in [0.1, 0.15) is 19.0 Å². The lowest BCUT2D eigenvalue weighted by Gasteiger charge is -2.32. The topological polar surface area (TPSA) is 58.5 Å². The average Bonchev–Trinajstić information content (AvgIpc) is 2.39. The summed E-state index contributed by atoms with van der Waals surface area (Å²) in [5.74, 6) is 0.860. The first-order chi connectivity index (χ1) is 7.83. The Balaban J connectivity index is 2.05. The Morgan fingerprint density at radius 2 is 2.38 bits per heavy atom. The van der Waals surface area contributed by atoms with Gasteiger partial charge in [-0.15, -0.1) is 5.10 Å². The summed E-state index contributed by atoms with van der Waals surface area (Å²) >= 11 is 0. The van der Waals surface area contributed by atoms with Crippen molar-refractivity contribution in [1.29, 1.82) is 0 Å². The summed E-state index contributed by atoms with van der Waals surface area (Å²) in [6.45, 7) is 4.51. The molecule has 0 saturated carbocycles. The monoisotopic (exact) mass is 223 g/mol. The van der Waals surface area contributed by atoms with Crippen molar-refractivity contribution in [3.05, 3.63) is 17.8 Å². The lowest BCUT2D eigenvalue weighted by atomic mass is 10.2. The molecule has 1 atom stereocenters. The van der Waals surface area contributed by atoms with Gasteiger partial charge in [0.15, 0.2) is 5.82 Å². The number of rotatable bonds is 3. The van der Waals surface area contributed by atoms with Gasteiger partial charge in [0.25, 0.3) is 0 Å². The fourth-order valence-electron chi connectivity index (χ4n) is 1.78. The van der Waals surface area contributed by atoms with Crippen LogP contribution in [0, 0.1) is 0 Å². The summed E-state index contributed by atoms with van der Waals surface area (Å²) < 4.78 is 5.59. The smallest absolute Gasteiger partial charge is 0.151 e. The maximum Gasteiger partial charge on any atom is 0.151 e. The lowest BCUT2D eigenvalue weighted by Crippen LogP contribution is -2.42. The molecule has 0 aliphatic carbocycles. The summed E-state index contributed by atoms with van der Waals surface area (Å²) in [4.78, 5) is 2.17. The Labute approximate surface area is 95.1 Å². The summed E-state index contributed by atoms with van der Waals surface area (Å²) in [6.07, 6.45) is 1.30. The van der Waals surface area contributed by atoms with Gasteiger partial charge in [0, 0.05) is 13.1 Å². The van der Waals surface area contributed by atoms with E-state index in [1.165, 1.54) is 0 Å². The van der Waals surface area contributed by atoms with Gasteiger partial charge in [-0.3, -0.25) is 0 Å². The predicted molar refractivity (Wildman–Crippen MR) is 60.2 cm³/mol. The van der Waals surface area contributed by atoms with Crippen molar-refractivity contribution in [2.45, 2.75) is 26.1 Å². The number of nitrogens with zero attached hydrogens (tertiary/aromatic N) is 3. The normalized spacial score (nSPS) is 21.1. The van der Waals surface area contributed by atoms with Crippen molar-refractivity contribution >= 4 is 5.82 Å². The van der Waals surface area contributed by atoms with E-state index < -0.39 is 0 Å². The van der Waals surface area contributed by atoms with E-state index in [2.05, 4.69) is 22.0 Å². The van der Waals surface area contributed by atoms with Gasteiger partial charge in [-0.05, 0) is 18.6 Å². The molecule has 1 N–H and O–H groups in total. The largest absolute Gasteiger partial charge is 0.390 e. The van der Waals surface area contributed by atoms with Gasteiger partial charge in [-0.25, -0.2) is 0 Å². The highest BCUT2D eigenvalue weighted by atomic mass is 16.5. The van der Waals surface area contributed by atoms with E-state index in [0.717, 1.165) is 31.9 Å². The Kier molecular flexibility index (Phi) is 3.69. The second-order valence-electron chi connectivity index (χ2n) is 3.89. The first-order valence-electron chi connectivity index (χ1n) is 5.63. The zero-order valence-electron chi connectivity index (χ0n) is 9.46. The Hall–Kier alpha value is -1.20. The molecule has 5 nitrogen and oxygen atoms in total. The van der Waals surface area contributed by atoms with Crippen molar-refractivity contribution in [2.24, 2.45) is 0 Å². The number of hydrogen-bond donors (Lipinski definition) is 1. The van der Waals surface area contributed by atoms with Gasteiger partial charge >= 0.3 is 0 Å². The fourth-order valence-corrected chi connectivity index (χ4v) is 1.78. The third-order valence-corrected chi connectivity index (χ3v) is 2.79. The maximum atomic E-state index is 8.88. The van der Waals surface area contributed by atoms with Crippen LogP contribution in [0.25, 0.3) is 0 Å². The molecule has 16 heavy (non-hydrogen) atoms. The minimum absolute atomic E-state index is 0.0615. The number of anilines is 1. The van der Waals surface area contributed by atoms with Gasteiger partial charge in [-0.1, -0.05) is 6.92 Å². The quantitative estimate of drug-likeness (QED) is 0.812. The Morgan fingerprint density at radius 3 is 3.00 bits per heavy atom. The number of aliphatic hydroxyl groups excluding tert-OH is 1. The molecule has 1 aromatic rings. The molecular formula is C11H17N3O2. The fraction of sp³-hybridized carbons (Fsp3) is 0.636. The van der Waals surface area contributed by atoms with Gasteiger partial charge in [0.2, 0.25) is 0 Å². The molecule has 1 aromatic heterocycles. The molecule has 0 bridgehead atoms. The van der Waals surface area contributed by atoms with Crippen molar-refractivity contribution in [3.8, 4) is 0 Å². The van der Waals surface area contributed by atoms with E-state index in [-0.39, 0.29) is 12.7 Å². The van der Waals surface area contributed by atoms with Crippen molar-refractivity contribution in [3.63, 3.8) is 0 Å². The average molecular weight is 223 g/mol. The molecule has 1 aliphatic rings. The molecular weight excluding hydrogens is 206 g/mol. The SMILES string of the molecule is CCC1CN(c2ccc(CO)nn2)CCO1. The molecule has 2 rings (SSSR count). The summed E-state index contributed by atoms with van der Waals surface area (Å²) in [5.41, 5.74) is 0.601. The van der Waals surface area contributed by atoms with Crippen LogP contribution in [0.15, 0.2) is 12.1 Å². The molecule has 1 aliphatic heterocycles. The molecule has 88 valence electrons. The van der Waals surface area contributed by atoms with Crippen molar-refractivity contribution in [1.82, 2.24) is 10.2 Å². The summed E-state index contributed by atoms with van der Waals surface area (Å²) in [5, 5.41) is 16.9. The molecule has 1 fully saturated rings. The molecule has 0 amide bonds. The van der Waals surface area contributed by atoms with E-state index in [4.69, 9.17) is 9.84 Å². The van der Waals surface area contributed by atoms with Crippen LogP contribution in [0.3, 0.4) is 0 Å². The van der Waals surface area contributed by atoms with E-state index in [9.17, 15) is 0 Å². The Bertz CT molecular complexity index is 329. The minimum atomic E-state index is -0.0615. The molecule has 0 spiro atoms. The Morgan fingerprint density at radius 1 is 1.50 bits per heavy atom. The van der Waals surface area contributed by atoms with Gasteiger partial charge in [-0.2, -0.15) is 5.10 Å². The van der Waals surface area contributed by atoms with Crippen LogP contribution in [0.5, 0.6) is 0 Å². The van der Waals surface area contributed by atoms with Gasteiger partial charge in [0.1, 0.15) is 0 Å². The number of morpholine rings is 1. The van der Waals surface area contributed by atoms with Crippen molar-refractivity contribution in [2.75, 3.05) is 24.6 Å². The second kappa shape index (κ2) is 5.23. The second-order valence-corrected chi connectivity index (χ2v) is 3.89. The van der Waals surface area contributed by atoms with Crippen LogP contribution in [-0.2, 0) is 11.3 Å². The first kappa shape index (κ1) is 11.3. The molecule has 0 radical (unpaired) electrons. The van der Waals surface area contributed by atoms with Crippen LogP contribution in [0.4, 0.5) is 5.82 Å². The highest BCUT2D eigenvalue weighted by Crippen LogP contribution is 2.15. The predicted octanol–water partition coefficient (Wildman–Crippen LogP) is 0.584. The molecule has 0 aromatic carbocycles. The summed E-state index contributed by atoms with van der Waals surface area (Å²) in [6, 6.07) is 3.70. The minimum Gasteiger partial charge on any atom is -0.390 e. The van der Waals surface area contributed by atoms with Gasteiger partial charge in [0.05, 0.1) is 25.0 Å². The number of ether oxygens (including phenoxy) is 1. The highest BCUT2D eigenvalue weighted by Gasteiger charge is 2.20. The highest BCUT2D eigenvalue weighted by molar-refractivity contribution is 5.37. The molecule has 2 heterocycles. The van der Waals surface area contributed by atoms with E-state index in [1.54, 1.807) is 6.07 Å². The molecule has 5 heteroatoms. The van der Waals surface area contributed by atoms with E-state index in [0.29, 0.717) is 5.69 Å². The van der Waals surface area contributed by atoms with Crippen LogP contribution in [-0.4, -0.2) is 41.1 Å². The zero-order chi connectivity index (χ0) is 11.4. The summed E-state index contributed by atoms with van der Waals surface area (Å²) in [7, 11) is 0. The van der Waals surface area contributed by atoms with E-state index in [1.807, 2.05) is 6.07 Å². The first-order valence-corrected chi connectivity index (χ1v) is 5.63. The third-order valence-electron chi connectivity index (χ3n) is 2.79. The maximum absolute atomic E-state index is 8.88. The zero-order valence-corrected chi connectivity index (χ0v) is 9.46.